The van der Waals surface area contributed by atoms with Crippen LogP contribution in [-0.4, -0.2) is 12.5 Å². The molecule has 0 fully saturated rings. The van der Waals surface area contributed by atoms with Crippen molar-refractivity contribution in [2.24, 2.45) is 5.73 Å². The molecule has 1 aromatic carbocycles. The maximum atomic E-state index is 11.6. The summed E-state index contributed by atoms with van der Waals surface area (Å²) in [6.07, 6.45) is 0.656. The van der Waals surface area contributed by atoms with E-state index in [1.165, 1.54) is 0 Å². The van der Waals surface area contributed by atoms with Gasteiger partial charge in [-0.15, -0.1) is 11.8 Å². The Bertz CT molecular complexity index is 389. The fraction of sp³-hybridized carbons (Fsp3) is 0.308. The molecule has 0 aliphatic rings. The number of carbonyl (C=O) groups is 1. The molecule has 1 aromatic rings. The van der Waals surface area contributed by atoms with Crippen LogP contribution in [0.15, 0.2) is 30.3 Å². The number of hydrogen-bond acceptors (Lipinski definition) is 2. The predicted molar refractivity (Wildman–Crippen MR) is 64.4 cm³/mol. The Morgan fingerprint density at radius 2 is 2.12 bits per heavy atom. The van der Waals surface area contributed by atoms with E-state index in [9.17, 15) is 4.79 Å². The van der Waals surface area contributed by atoms with Crippen LogP contribution in [0.5, 0.6) is 0 Å². The van der Waals surface area contributed by atoms with E-state index >= 15 is 0 Å². The molecule has 3 N–H and O–H groups in total. The van der Waals surface area contributed by atoms with Crippen molar-refractivity contribution in [2.45, 2.75) is 19.4 Å². The lowest BCUT2D eigenvalue weighted by Crippen LogP contribution is -2.34. The summed E-state index contributed by atoms with van der Waals surface area (Å²) in [6.45, 7) is 2.32. The summed E-state index contributed by atoms with van der Waals surface area (Å²) in [5.41, 5.74) is 6.63. The summed E-state index contributed by atoms with van der Waals surface area (Å²) in [5.74, 6) is 5.48. The minimum Gasteiger partial charge on any atom is -0.353 e. The molecule has 0 heterocycles. The summed E-state index contributed by atoms with van der Waals surface area (Å²) in [7, 11) is 0. The second kappa shape index (κ2) is 6.65. The number of hydrogen-bond donors (Lipinski definition) is 2. The molecule has 1 rings (SSSR count). The molecule has 0 aliphatic heterocycles. The molecule has 3 nitrogen and oxygen atoms in total. The average Bonchev–Trinajstić information content (AvgIpc) is 2.34. The minimum atomic E-state index is -0.601. The maximum Gasteiger partial charge on any atom is 0.241 e. The van der Waals surface area contributed by atoms with Crippen molar-refractivity contribution in [3.05, 3.63) is 35.9 Å². The summed E-state index contributed by atoms with van der Waals surface area (Å²) < 4.78 is 0. The third kappa shape index (κ3) is 3.76. The van der Waals surface area contributed by atoms with Gasteiger partial charge in [-0.25, -0.2) is 0 Å². The van der Waals surface area contributed by atoms with Gasteiger partial charge in [0.15, 0.2) is 0 Å². The highest BCUT2D eigenvalue weighted by Crippen LogP contribution is 2.08. The van der Waals surface area contributed by atoms with Crippen LogP contribution in [0.1, 0.15) is 24.9 Å². The number of nitrogens with one attached hydrogen (secondary N) is 1. The van der Waals surface area contributed by atoms with E-state index < -0.39 is 6.04 Å². The van der Waals surface area contributed by atoms with E-state index in [0.717, 1.165) is 5.56 Å². The van der Waals surface area contributed by atoms with Gasteiger partial charge in [-0.1, -0.05) is 30.3 Å². The quantitative estimate of drug-likeness (QED) is 0.587. The molecule has 0 radical (unpaired) electrons. The molecule has 1 atom stereocenters. The number of amides is 1. The highest BCUT2D eigenvalue weighted by Gasteiger charge is 2.13. The zero-order chi connectivity index (χ0) is 11.8. The van der Waals surface area contributed by atoms with Crippen LogP contribution in [0.4, 0.5) is 0 Å². The van der Waals surface area contributed by atoms with Crippen molar-refractivity contribution in [1.29, 1.82) is 0 Å². The predicted octanol–water partition coefficient (Wildman–Crippen LogP) is 1.22. The van der Waals surface area contributed by atoms with Crippen LogP contribution in [0.3, 0.4) is 0 Å². The zero-order valence-corrected chi connectivity index (χ0v) is 9.36. The van der Waals surface area contributed by atoms with Gasteiger partial charge < -0.3 is 11.1 Å². The number of carbonyl (C=O) groups excluding carboxylic acids is 1. The molecule has 0 spiro atoms. The van der Waals surface area contributed by atoms with Gasteiger partial charge >= 0.3 is 0 Å². The first-order valence-electron chi connectivity index (χ1n) is 5.23. The van der Waals surface area contributed by atoms with E-state index in [2.05, 4.69) is 17.2 Å². The SMILES string of the molecule is CC#CCCNC(=O)C(N)c1ccccc1. The van der Waals surface area contributed by atoms with Gasteiger partial charge in [-0.05, 0) is 12.5 Å². The first kappa shape index (κ1) is 12.3. The van der Waals surface area contributed by atoms with Gasteiger partial charge in [0.25, 0.3) is 0 Å². The fourth-order valence-electron chi connectivity index (χ4n) is 1.29. The van der Waals surface area contributed by atoms with Crippen molar-refractivity contribution < 1.29 is 4.79 Å². The lowest BCUT2D eigenvalue weighted by molar-refractivity contribution is -0.122. The normalized spacial score (nSPS) is 11.1. The molecule has 0 aliphatic carbocycles. The van der Waals surface area contributed by atoms with E-state index in [1.807, 2.05) is 30.3 Å². The molecular formula is C13H16N2O. The van der Waals surface area contributed by atoms with Crippen LogP contribution in [0, 0.1) is 11.8 Å². The Labute approximate surface area is 96.0 Å². The van der Waals surface area contributed by atoms with Gasteiger partial charge in [0.1, 0.15) is 6.04 Å². The standard InChI is InChI=1S/C13H16N2O/c1-2-3-7-10-15-13(16)12(14)11-8-5-4-6-9-11/h4-6,8-9,12H,7,10,14H2,1H3,(H,15,16). The first-order chi connectivity index (χ1) is 7.75. The molecule has 84 valence electrons. The minimum absolute atomic E-state index is 0.163. The monoisotopic (exact) mass is 216 g/mol. The van der Waals surface area contributed by atoms with Crippen molar-refractivity contribution in [3.63, 3.8) is 0 Å². The Kier molecular flexibility index (Phi) is 5.10. The van der Waals surface area contributed by atoms with Crippen LogP contribution in [-0.2, 0) is 4.79 Å². The smallest absolute Gasteiger partial charge is 0.241 e. The van der Waals surface area contributed by atoms with E-state index in [0.29, 0.717) is 13.0 Å². The summed E-state index contributed by atoms with van der Waals surface area (Å²) >= 11 is 0. The largest absolute Gasteiger partial charge is 0.353 e. The van der Waals surface area contributed by atoms with E-state index in [-0.39, 0.29) is 5.91 Å². The Balaban J connectivity index is 2.44. The fourth-order valence-corrected chi connectivity index (χ4v) is 1.29. The zero-order valence-electron chi connectivity index (χ0n) is 9.36. The molecule has 0 saturated heterocycles. The molecule has 3 heteroatoms. The van der Waals surface area contributed by atoms with E-state index in [4.69, 9.17) is 5.73 Å². The van der Waals surface area contributed by atoms with Gasteiger partial charge in [-0.2, -0.15) is 0 Å². The third-order valence-electron chi connectivity index (χ3n) is 2.17. The summed E-state index contributed by atoms with van der Waals surface area (Å²) in [6, 6.07) is 8.71. The summed E-state index contributed by atoms with van der Waals surface area (Å²) in [4.78, 5) is 11.6. The highest BCUT2D eigenvalue weighted by molar-refractivity contribution is 5.82. The summed E-state index contributed by atoms with van der Waals surface area (Å²) in [5, 5.41) is 2.75. The van der Waals surface area contributed by atoms with Crippen LogP contribution >= 0.6 is 0 Å². The number of rotatable bonds is 4. The average molecular weight is 216 g/mol. The van der Waals surface area contributed by atoms with Crippen LogP contribution in [0.25, 0.3) is 0 Å². The number of nitrogens with two attached hydrogens (primary N) is 1. The van der Waals surface area contributed by atoms with Gasteiger partial charge in [0, 0.05) is 13.0 Å². The molecule has 0 saturated carbocycles. The van der Waals surface area contributed by atoms with Crippen LogP contribution in [0.2, 0.25) is 0 Å². The van der Waals surface area contributed by atoms with Crippen molar-refractivity contribution in [2.75, 3.05) is 6.54 Å². The molecule has 0 bridgehead atoms. The lowest BCUT2D eigenvalue weighted by atomic mass is 10.1. The van der Waals surface area contributed by atoms with Crippen molar-refractivity contribution in [3.8, 4) is 11.8 Å². The van der Waals surface area contributed by atoms with Crippen LogP contribution < -0.4 is 11.1 Å². The van der Waals surface area contributed by atoms with Gasteiger partial charge in [0.05, 0.1) is 0 Å². The molecule has 0 aromatic heterocycles. The van der Waals surface area contributed by atoms with Gasteiger partial charge in [-0.3, -0.25) is 4.79 Å². The highest BCUT2D eigenvalue weighted by atomic mass is 16.2. The molecular weight excluding hydrogens is 200 g/mol. The van der Waals surface area contributed by atoms with E-state index in [1.54, 1.807) is 6.92 Å². The second-order valence-corrected chi connectivity index (χ2v) is 3.36. The second-order valence-electron chi connectivity index (χ2n) is 3.36. The Morgan fingerprint density at radius 3 is 2.75 bits per heavy atom. The van der Waals surface area contributed by atoms with Gasteiger partial charge in [0.2, 0.25) is 5.91 Å². The topological polar surface area (TPSA) is 55.1 Å². The lowest BCUT2D eigenvalue weighted by Gasteiger charge is -2.11. The molecule has 16 heavy (non-hydrogen) atoms. The van der Waals surface area contributed by atoms with Crippen molar-refractivity contribution in [1.82, 2.24) is 5.32 Å². The Morgan fingerprint density at radius 1 is 1.44 bits per heavy atom. The molecule has 1 unspecified atom stereocenters. The maximum absolute atomic E-state index is 11.6. The number of benzene rings is 1. The molecule has 1 amide bonds. The third-order valence-corrected chi connectivity index (χ3v) is 2.17. The first-order valence-corrected chi connectivity index (χ1v) is 5.23. The van der Waals surface area contributed by atoms with Crippen molar-refractivity contribution >= 4 is 5.91 Å². The Hall–Kier alpha value is -1.79.